The first-order valence-corrected chi connectivity index (χ1v) is 6.59. The van der Waals surface area contributed by atoms with Crippen LogP contribution in [0.3, 0.4) is 0 Å². The van der Waals surface area contributed by atoms with Crippen molar-refractivity contribution in [2.75, 3.05) is 5.32 Å². The predicted molar refractivity (Wildman–Crippen MR) is 70.8 cm³/mol. The monoisotopic (exact) mass is 284 g/mol. The van der Waals surface area contributed by atoms with Crippen molar-refractivity contribution < 1.29 is 9.18 Å². The third kappa shape index (κ3) is 2.86. The van der Waals surface area contributed by atoms with E-state index < -0.39 is 11.7 Å². The zero-order valence-electron chi connectivity index (χ0n) is 9.54. The zero-order valence-corrected chi connectivity index (χ0v) is 11.1. The lowest BCUT2D eigenvalue weighted by Crippen LogP contribution is -2.13. The summed E-state index contributed by atoms with van der Waals surface area (Å²) in [4.78, 5) is 15.9. The standard InChI is InChI=1S/C12H10ClFN2OS/c1-7-2-3-10(14)9(4-7)11(17)16-12-15-8(5-13)6-18-12/h2-4,6H,5H2,1H3,(H,15,16,17). The van der Waals surface area contributed by atoms with Gasteiger partial charge >= 0.3 is 0 Å². The molecule has 2 rings (SSSR count). The van der Waals surface area contributed by atoms with E-state index in [0.717, 1.165) is 5.56 Å². The van der Waals surface area contributed by atoms with Crippen LogP contribution in [0.4, 0.5) is 9.52 Å². The van der Waals surface area contributed by atoms with Crippen molar-refractivity contribution >= 4 is 34.0 Å². The molecule has 0 radical (unpaired) electrons. The molecule has 6 heteroatoms. The number of aromatic nitrogens is 1. The summed E-state index contributed by atoms with van der Waals surface area (Å²) in [6.07, 6.45) is 0. The Kier molecular flexibility index (Phi) is 3.93. The highest BCUT2D eigenvalue weighted by Gasteiger charge is 2.13. The van der Waals surface area contributed by atoms with Gasteiger partial charge in [-0.05, 0) is 19.1 Å². The molecule has 0 atom stereocenters. The molecule has 1 amide bonds. The molecule has 0 saturated carbocycles. The number of nitrogens with zero attached hydrogens (tertiary/aromatic N) is 1. The van der Waals surface area contributed by atoms with Crippen LogP contribution in [0.2, 0.25) is 0 Å². The molecule has 18 heavy (non-hydrogen) atoms. The molecule has 3 nitrogen and oxygen atoms in total. The van der Waals surface area contributed by atoms with Gasteiger partial charge in [0.05, 0.1) is 17.1 Å². The van der Waals surface area contributed by atoms with Crippen molar-refractivity contribution in [1.29, 1.82) is 0 Å². The lowest BCUT2D eigenvalue weighted by Gasteiger charge is -2.04. The second-order valence-electron chi connectivity index (χ2n) is 3.72. The van der Waals surface area contributed by atoms with Crippen LogP contribution in [0.1, 0.15) is 21.6 Å². The van der Waals surface area contributed by atoms with Crippen LogP contribution < -0.4 is 5.32 Å². The van der Waals surface area contributed by atoms with E-state index in [2.05, 4.69) is 10.3 Å². The third-order valence-corrected chi connectivity index (χ3v) is 3.36. The number of hydrogen-bond donors (Lipinski definition) is 1. The summed E-state index contributed by atoms with van der Waals surface area (Å²) in [6.45, 7) is 1.80. The number of thiazole rings is 1. The topological polar surface area (TPSA) is 42.0 Å². The van der Waals surface area contributed by atoms with Crippen LogP contribution in [0.5, 0.6) is 0 Å². The van der Waals surface area contributed by atoms with Gasteiger partial charge in [0.2, 0.25) is 0 Å². The molecular weight excluding hydrogens is 275 g/mol. The maximum atomic E-state index is 13.5. The van der Waals surface area contributed by atoms with Gasteiger partial charge in [-0.15, -0.1) is 22.9 Å². The number of aryl methyl sites for hydroxylation is 1. The molecule has 1 aromatic carbocycles. The van der Waals surface area contributed by atoms with Gasteiger partial charge in [-0.25, -0.2) is 9.37 Å². The Labute approximate surface area is 113 Å². The summed E-state index contributed by atoms with van der Waals surface area (Å²) in [5.41, 5.74) is 1.52. The average Bonchev–Trinajstić information content (AvgIpc) is 2.80. The van der Waals surface area contributed by atoms with E-state index in [0.29, 0.717) is 10.8 Å². The largest absolute Gasteiger partial charge is 0.298 e. The fourth-order valence-electron chi connectivity index (χ4n) is 1.40. The van der Waals surface area contributed by atoms with Crippen molar-refractivity contribution in [3.05, 3.63) is 46.2 Å². The molecule has 1 heterocycles. The second-order valence-corrected chi connectivity index (χ2v) is 4.84. The van der Waals surface area contributed by atoms with Crippen LogP contribution in [0, 0.1) is 12.7 Å². The summed E-state index contributed by atoms with van der Waals surface area (Å²) in [6, 6.07) is 4.39. The van der Waals surface area contributed by atoms with Crippen molar-refractivity contribution in [1.82, 2.24) is 4.98 Å². The summed E-state index contributed by atoms with van der Waals surface area (Å²) in [5, 5.41) is 4.71. The average molecular weight is 285 g/mol. The first-order chi connectivity index (χ1) is 8.60. The minimum Gasteiger partial charge on any atom is -0.298 e. The highest BCUT2D eigenvalue weighted by atomic mass is 35.5. The number of nitrogens with one attached hydrogen (secondary N) is 1. The number of rotatable bonds is 3. The number of alkyl halides is 1. The van der Waals surface area contributed by atoms with Crippen LogP contribution in [-0.2, 0) is 5.88 Å². The van der Waals surface area contributed by atoms with E-state index in [4.69, 9.17) is 11.6 Å². The Morgan fingerprint density at radius 1 is 1.56 bits per heavy atom. The normalized spacial score (nSPS) is 10.4. The van der Waals surface area contributed by atoms with Crippen molar-refractivity contribution in [2.45, 2.75) is 12.8 Å². The molecule has 94 valence electrons. The molecule has 0 bridgehead atoms. The summed E-state index contributed by atoms with van der Waals surface area (Å²) < 4.78 is 13.5. The number of carbonyl (C=O) groups is 1. The van der Waals surface area contributed by atoms with E-state index in [1.165, 1.54) is 23.5 Å². The van der Waals surface area contributed by atoms with Gasteiger partial charge in [-0.1, -0.05) is 11.6 Å². The lowest BCUT2D eigenvalue weighted by molar-refractivity contribution is 0.102. The second kappa shape index (κ2) is 5.46. The Morgan fingerprint density at radius 2 is 2.33 bits per heavy atom. The lowest BCUT2D eigenvalue weighted by atomic mass is 10.1. The maximum absolute atomic E-state index is 13.5. The van der Waals surface area contributed by atoms with Crippen LogP contribution in [0.25, 0.3) is 0 Å². The fraction of sp³-hybridized carbons (Fsp3) is 0.167. The molecule has 0 spiro atoms. The van der Waals surface area contributed by atoms with E-state index in [-0.39, 0.29) is 11.4 Å². The number of halogens is 2. The predicted octanol–water partition coefficient (Wildman–Crippen LogP) is 3.58. The number of anilines is 1. The molecule has 0 aliphatic rings. The van der Waals surface area contributed by atoms with Crippen LogP contribution in [0.15, 0.2) is 23.6 Å². The highest BCUT2D eigenvalue weighted by Crippen LogP contribution is 2.18. The minimum atomic E-state index is -0.549. The van der Waals surface area contributed by atoms with E-state index >= 15 is 0 Å². The first kappa shape index (κ1) is 13.0. The van der Waals surface area contributed by atoms with Gasteiger partial charge in [-0.2, -0.15) is 0 Å². The molecule has 0 aliphatic heterocycles. The van der Waals surface area contributed by atoms with E-state index in [1.807, 2.05) is 0 Å². The van der Waals surface area contributed by atoms with Crippen LogP contribution >= 0.6 is 22.9 Å². The Hall–Kier alpha value is -1.46. The summed E-state index contributed by atoms with van der Waals surface area (Å²) in [5.74, 6) is -0.774. The molecule has 1 N–H and O–H groups in total. The maximum Gasteiger partial charge on any atom is 0.260 e. The Morgan fingerprint density at radius 3 is 3.00 bits per heavy atom. The van der Waals surface area contributed by atoms with Gasteiger partial charge in [0.25, 0.3) is 5.91 Å². The molecule has 0 saturated heterocycles. The van der Waals surface area contributed by atoms with E-state index in [1.54, 1.807) is 18.4 Å². The molecule has 0 aliphatic carbocycles. The molecule has 0 unspecified atom stereocenters. The number of hydrogen-bond acceptors (Lipinski definition) is 3. The number of carbonyl (C=O) groups excluding carboxylic acids is 1. The Bertz CT molecular complexity index is 585. The van der Waals surface area contributed by atoms with E-state index in [9.17, 15) is 9.18 Å². The molecule has 0 fully saturated rings. The quantitative estimate of drug-likeness (QED) is 0.875. The fourth-order valence-corrected chi connectivity index (χ4v) is 2.34. The van der Waals surface area contributed by atoms with Gasteiger partial charge < -0.3 is 0 Å². The first-order valence-electron chi connectivity index (χ1n) is 5.18. The van der Waals surface area contributed by atoms with Crippen molar-refractivity contribution in [3.63, 3.8) is 0 Å². The third-order valence-electron chi connectivity index (χ3n) is 2.28. The minimum absolute atomic E-state index is 0.0117. The van der Waals surface area contributed by atoms with Gasteiger partial charge in [0.15, 0.2) is 5.13 Å². The highest BCUT2D eigenvalue weighted by molar-refractivity contribution is 7.14. The van der Waals surface area contributed by atoms with Gasteiger partial charge in [0, 0.05) is 5.38 Å². The molecular formula is C12H10ClFN2OS. The van der Waals surface area contributed by atoms with Crippen LogP contribution in [-0.4, -0.2) is 10.9 Å². The van der Waals surface area contributed by atoms with Crippen molar-refractivity contribution in [3.8, 4) is 0 Å². The summed E-state index contributed by atoms with van der Waals surface area (Å²) in [7, 11) is 0. The molecule has 2 aromatic rings. The molecule has 1 aromatic heterocycles. The van der Waals surface area contributed by atoms with Crippen molar-refractivity contribution in [2.24, 2.45) is 0 Å². The smallest absolute Gasteiger partial charge is 0.260 e. The summed E-state index contributed by atoms with van der Waals surface area (Å²) >= 11 is 6.87. The number of amides is 1. The SMILES string of the molecule is Cc1ccc(F)c(C(=O)Nc2nc(CCl)cs2)c1. The zero-order chi connectivity index (χ0) is 13.1. The Balaban J connectivity index is 2.19. The van der Waals surface area contributed by atoms with Gasteiger partial charge in [0.1, 0.15) is 5.82 Å². The number of benzene rings is 1. The van der Waals surface area contributed by atoms with Gasteiger partial charge in [-0.3, -0.25) is 10.1 Å².